The van der Waals surface area contributed by atoms with Crippen molar-refractivity contribution < 1.29 is 18.8 Å². The number of carbonyl (C=O) groups is 2. The molecule has 5 heteroatoms. The Kier molecular flexibility index (Phi) is 11.8. The third-order valence-electron chi connectivity index (χ3n) is 5.15. The van der Waals surface area contributed by atoms with Crippen molar-refractivity contribution in [3.63, 3.8) is 0 Å². The number of hydrogen-bond donors (Lipinski definition) is 0. The average Bonchev–Trinajstić information content (AvgIpc) is 2.60. The van der Waals surface area contributed by atoms with E-state index in [-0.39, 0.29) is 18.3 Å². The minimum atomic E-state index is -1.86. The molecule has 0 rings (SSSR count). The summed E-state index contributed by atoms with van der Waals surface area (Å²) in [7, 11) is -1.86. The Hall–Kier alpha value is -1.20. The lowest BCUT2D eigenvalue weighted by Crippen LogP contribution is -2.42. The van der Waals surface area contributed by atoms with Crippen LogP contribution in [-0.2, 0) is 18.8 Å². The second kappa shape index (κ2) is 12.4. The Morgan fingerprint density at radius 3 is 2.04 bits per heavy atom. The number of hydrogen-bond acceptors (Lipinski definition) is 4. The van der Waals surface area contributed by atoms with Gasteiger partial charge in [0, 0.05) is 6.42 Å². The number of rotatable bonds is 14. The Balaban J connectivity index is 5.42. The molecule has 0 spiro atoms. The van der Waals surface area contributed by atoms with E-state index in [2.05, 4.69) is 33.9 Å². The van der Waals surface area contributed by atoms with E-state index < -0.39 is 25.8 Å². The Morgan fingerprint density at radius 1 is 1.11 bits per heavy atom. The lowest BCUT2D eigenvalue weighted by Gasteiger charge is -2.34. The minimum absolute atomic E-state index is 0.118. The highest BCUT2D eigenvalue weighted by atomic mass is 28.4. The zero-order valence-electron chi connectivity index (χ0n) is 19.2. The molecule has 2 atom stereocenters. The first-order chi connectivity index (χ1) is 12.9. The smallest absolute Gasteiger partial charge is 0.317 e. The van der Waals surface area contributed by atoms with Crippen molar-refractivity contribution in [2.75, 3.05) is 0 Å². The standard InChI is InChI=1S/C23H42O4Si/c1-10-14-20(22(25)26-23(7,8)9)21(24)17-19(16-15-18(5)6)27-28(11-2,12-3)13-4/h10,19-20H,1,5,11-17H2,2-4,6-9H3. The van der Waals surface area contributed by atoms with E-state index in [9.17, 15) is 9.59 Å². The van der Waals surface area contributed by atoms with E-state index in [1.807, 2.05) is 27.7 Å². The summed E-state index contributed by atoms with van der Waals surface area (Å²) in [4.78, 5) is 25.6. The van der Waals surface area contributed by atoms with E-state index >= 15 is 0 Å². The molecule has 28 heavy (non-hydrogen) atoms. The number of ether oxygens (including phenoxy) is 1. The van der Waals surface area contributed by atoms with Crippen molar-refractivity contribution in [2.24, 2.45) is 5.92 Å². The zero-order chi connectivity index (χ0) is 22.0. The van der Waals surface area contributed by atoms with E-state index in [0.29, 0.717) is 6.42 Å². The van der Waals surface area contributed by atoms with Gasteiger partial charge in [-0.1, -0.05) is 32.4 Å². The van der Waals surface area contributed by atoms with Crippen LogP contribution >= 0.6 is 0 Å². The quantitative estimate of drug-likeness (QED) is 0.147. The lowest BCUT2D eigenvalue weighted by atomic mass is 9.94. The van der Waals surface area contributed by atoms with Gasteiger partial charge >= 0.3 is 5.97 Å². The number of Topliss-reactive ketones (excluding diaryl/α,β-unsaturated/α-hetero) is 1. The van der Waals surface area contributed by atoms with Crippen molar-refractivity contribution in [3.05, 3.63) is 24.8 Å². The first-order valence-corrected chi connectivity index (χ1v) is 13.1. The Labute approximate surface area is 173 Å². The molecule has 162 valence electrons. The van der Waals surface area contributed by atoms with Crippen LogP contribution in [0, 0.1) is 5.92 Å². The molecular formula is C23H42O4Si. The summed E-state index contributed by atoms with van der Waals surface area (Å²) < 4.78 is 12.1. The van der Waals surface area contributed by atoms with Gasteiger partial charge in [0.05, 0.1) is 6.10 Å². The largest absolute Gasteiger partial charge is 0.459 e. The molecular weight excluding hydrogens is 368 g/mol. The van der Waals surface area contributed by atoms with Gasteiger partial charge in [0.15, 0.2) is 8.32 Å². The summed E-state index contributed by atoms with van der Waals surface area (Å²) in [6, 6.07) is 3.08. The van der Waals surface area contributed by atoms with Crippen LogP contribution in [0.5, 0.6) is 0 Å². The van der Waals surface area contributed by atoms with Crippen LogP contribution in [0.2, 0.25) is 18.1 Å². The highest BCUT2D eigenvalue weighted by molar-refractivity contribution is 6.73. The molecule has 0 bridgehead atoms. The monoisotopic (exact) mass is 410 g/mol. The molecule has 0 radical (unpaired) electrons. The van der Waals surface area contributed by atoms with Crippen molar-refractivity contribution in [1.29, 1.82) is 0 Å². The Morgan fingerprint density at radius 2 is 1.64 bits per heavy atom. The van der Waals surface area contributed by atoms with Gasteiger partial charge in [-0.15, -0.1) is 13.2 Å². The maximum absolute atomic E-state index is 13.0. The van der Waals surface area contributed by atoms with Crippen molar-refractivity contribution in [1.82, 2.24) is 0 Å². The number of allylic oxidation sites excluding steroid dienone is 2. The van der Waals surface area contributed by atoms with E-state index in [0.717, 1.165) is 36.5 Å². The van der Waals surface area contributed by atoms with Crippen LogP contribution in [-0.4, -0.2) is 31.8 Å². The highest BCUT2D eigenvalue weighted by Crippen LogP contribution is 2.28. The third kappa shape index (κ3) is 9.83. The molecule has 0 aliphatic rings. The van der Waals surface area contributed by atoms with Crippen molar-refractivity contribution >= 4 is 20.1 Å². The summed E-state index contributed by atoms with van der Waals surface area (Å²) in [6.45, 7) is 21.6. The van der Waals surface area contributed by atoms with Crippen LogP contribution in [0.25, 0.3) is 0 Å². The van der Waals surface area contributed by atoms with E-state index in [1.54, 1.807) is 6.08 Å². The summed E-state index contributed by atoms with van der Waals surface area (Å²) in [5.41, 5.74) is 0.453. The van der Waals surface area contributed by atoms with Crippen LogP contribution < -0.4 is 0 Å². The van der Waals surface area contributed by atoms with Crippen LogP contribution in [0.1, 0.15) is 74.1 Å². The second-order valence-electron chi connectivity index (χ2n) is 8.76. The average molecular weight is 411 g/mol. The fourth-order valence-electron chi connectivity index (χ4n) is 3.23. The summed E-state index contributed by atoms with van der Waals surface area (Å²) >= 11 is 0. The number of carbonyl (C=O) groups excluding carboxylic acids is 2. The van der Waals surface area contributed by atoms with Crippen LogP contribution in [0.3, 0.4) is 0 Å². The molecule has 0 aliphatic heterocycles. The van der Waals surface area contributed by atoms with Crippen molar-refractivity contribution in [3.8, 4) is 0 Å². The molecule has 0 aromatic heterocycles. The van der Waals surface area contributed by atoms with Gasteiger partial charge in [0.1, 0.15) is 17.3 Å². The van der Waals surface area contributed by atoms with Crippen LogP contribution in [0.15, 0.2) is 24.8 Å². The first-order valence-electron chi connectivity index (χ1n) is 10.6. The molecule has 0 N–H and O–H groups in total. The van der Waals surface area contributed by atoms with Gasteiger partial charge in [0.25, 0.3) is 0 Å². The molecule has 0 fully saturated rings. The molecule has 0 aromatic rings. The van der Waals surface area contributed by atoms with Crippen molar-refractivity contribution in [2.45, 2.75) is 104 Å². The van der Waals surface area contributed by atoms with Gasteiger partial charge in [-0.25, -0.2) is 0 Å². The molecule has 2 unspecified atom stereocenters. The minimum Gasteiger partial charge on any atom is -0.459 e. The predicted octanol–water partition coefficient (Wildman–Crippen LogP) is 6.23. The summed E-state index contributed by atoms with van der Waals surface area (Å²) in [5.74, 6) is -1.40. The van der Waals surface area contributed by atoms with Gasteiger partial charge in [-0.3, -0.25) is 9.59 Å². The molecule has 4 nitrogen and oxygen atoms in total. The maximum Gasteiger partial charge on any atom is 0.317 e. The Bertz CT molecular complexity index is 521. The second-order valence-corrected chi connectivity index (χ2v) is 13.5. The topological polar surface area (TPSA) is 52.6 Å². The van der Waals surface area contributed by atoms with Gasteiger partial charge in [0.2, 0.25) is 0 Å². The molecule has 0 aromatic carbocycles. The van der Waals surface area contributed by atoms with Gasteiger partial charge in [-0.05, 0) is 65.1 Å². The highest BCUT2D eigenvalue weighted by Gasteiger charge is 2.35. The normalized spacial score (nSPS) is 14.2. The van der Waals surface area contributed by atoms with E-state index in [4.69, 9.17) is 9.16 Å². The first kappa shape index (κ1) is 26.8. The molecule has 0 aliphatic carbocycles. The van der Waals surface area contributed by atoms with Gasteiger partial charge < -0.3 is 9.16 Å². The maximum atomic E-state index is 13.0. The fraction of sp³-hybridized carbons (Fsp3) is 0.739. The third-order valence-corrected chi connectivity index (χ3v) is 9.85. The molecule has 0 heterocycles. The summed E-state index contributed by atoms with van der Waals surface area (Å²) in [5, 5.41) is 0. The van der Waals surface area contributed by atoms with Crippen LogP contribution in [0.4, 0.5) is 0 Å². The van der Waals surface area contributed by atoms with E-state index in [1.165, 1.54) is 0 Å². The van der Waals surface area contributed by atoms with Gasteiger partial charge in [-0.2, -0.15) is 0 Å². The zero-order valence-corrected chi connectivity index (χ0v) is 20.2. The molecule has 0 amide bonds. The predicted molar refractivity (Wildman–Crippen MR) is 120 cm³/mol. The molecule has 0 saturated carbocycles. The lowest BCUT2D eigenvalue weighted by molar-refractivity contribution is -0.162. The SMILES string of the molecule is C=CCC(C(=O)CC(CCC(=C)C)O[Si](CC)(CC)CC)C(=O)OC(C)(C)C. The fourth-order valence-corrected chi connectivity index (χ4v) is 6.14. The number of ketones is 1. The molecule has 0 saturated heterocycles. The summed E-state index contributed by atoms with van der Waals surface area (Å²) in [6.07, 6.45) is 3.53. The number of esters is 1.